The van der Waals surface area contributed by atoms with Crippen molar-refractivity contribution in [1.82, 2.24) is 19.9 Å². The maximum atomic E-state index is 14.2. The van der Waals surface area contributed by atoms with Gasteiger partial charge in [-0.3, -0.25) is 4.98 Å². The Hall–Kier alpha value is -4.04. The highest BCUT2D eigenvalue weighted by atomic mass is 19.1. The van der Waals surface area contributed by atoms with Crippen LogP contribution in [0.25, 0.3) is 33.9 Å². The van der Waals surface area contributed by atoms with Crippen LogP contribution >= 0.6 is 0 Å². The number of H-pyrrole nitrogens is 1. The summed E-state index contributed by atoms with van der Waals surface area (Å²) in [6.45, 7) is 1.39. The molecule has 4 aromatic rings. The van der Waals surface area contributed by atoms with E-state index in [0.29, 0.717) is 29.4 Å². The van der Waals surface area contributed by atoms with E-state index in [1.165, 1.54) is 12.1 Å². The molecule has 2 N–H and O–H groups in total. The van der Waals surface area contributed by atoms with Crippen molar-refractivity contribution in [3.63, 3.8) is 0 Å². The first-order chi connectivity index (χ1) is 15.9. The maximum absolute atomic E-state index is 14.2. The van der Waals surface area contributed by atoms with Crippen LogP contribution in [-0.4, -0.2) is 58.2 Å². The minimum atomic E-state index is -1.21. The number of likely N-dealkylation sites (N-methyl/N-ethyl adjacent to an activating group) is 1. The van der Waals surface area contributed by atoms with E-state index < -0.39 is 11.8 Å². The van der Waals surface area contributed by atoms with Gasteiger partial charge in [-0.15, -0.1) is 0 Å². The molecule has 0 unspecified atom stereocenters. The van der Waals surface area contributed by atoms with Gasteiger partial charge in [0.2, 0.25) is 0 Å². The predicted octanol–water partition coefficient (Wildman–Crippen LogP) is 4.58. The maximum Gasteiger partial charge on any atom is 0.335 e. The Balaban J connectivity index is 1.73. The number of aromatic nitrogens is 3. The number of pyridine rings is 1. The van der Waals surface area contributed by atoms with E-state index in [1.807, 2.05) is 43.3 Å². The highest BCUT2D eigenvalue weighted by Gasteiger charge is 2.18. The highest BCUT2D eigenvalue weighted by Crippen LogP contribution is 2.34. The van der Waals surface area contributed by atoms with Crippen LogP contribution < -0.4 is 4.74 Å². The third-order valence-electron chi connectivity index (χ3n) is 5.03. The van der Waals surface area contributed by atoms with Crippen molar-refractivity contribution in [3.05, 3.63) is 78.4 Å². The Morgan fingerprint density at radius 2 is 1.76 bits per heavy atom. The van der Waals surface area contributed by atoms with E-state index >= 15 is 0 Å². The van der Waals surface area contributed by atoms with Crippen molar-refractivity contribution >= 4 is 5.97 Å². The van der Waals surface area contributed by atoms with Crippen molar-refractivity contribution in [2.45, 2.75) is 0 Å². The first-order valence-electron chi connectivity index (χ1n) is 10.3. The lowest BCUT2D eigenvalue weighted by atomic mass is 10.0. The third kappa shape index (κ3) is 5.24. The summed E-state index contributed by atoms with van der Waals surface area (Å²) in [7, 11) is 3.97. The van der Waals surface area contributed by atoms with Crippen LogP contribution in [0.2, 0.25) is 0 Å². The van der Waals surface area contributed by atoms with Crippen LogP contribution in [0.4, 0.5) is 4.39 Å². The third-order valence-corrected chi connectivity index (χ3v) is 5.03. The molecule has 0 spiro atoms. The minimum Gasteiger partial charge on any atom is -0.492 e. The van der Waals surface area contributed by atoms with E-state index in [9.17, 15) is 14.3 Å². The zero-order valence-electron chi connectivity index (χ0n) is 18.2. The van der Waals surface area contributed by atoms with Crippen molar-refractivity contribution < 1.29 is 19.0 Å². The zero-order valence-corrected chi connectivity index (χ0v) is 18.2. The van der Waals surface area contributed by atoms with E-state index in [0.717, 1.165) is 29.5 Å². The van der Waals surface area contributed by atoms with Gasteiger partial charge in [-0.25, -0.2) is 14.2 Å². The lowest BCUT2D eigenvalue weighted by Crippen LogP contribution is -2.19. The van der Waals surface area contributed by atoms with Crippen LogP contribution in [-0.2, 0) is 0 Å². The molecule has 0 amide bonds. The molecule has 168 valence electrons. The molecule has 0 radical (unpaired) electrons. The van der Waals surface area contributed by atoms with Gasteiger partial charge >= 0.3 is 5.97 Å². The van der Waals surface area contributed by atoms with Crippen molar-refractivity contribution in [2.24, 2.45) is 0 Å². The lowest BCUT2D eigenvalue weighted by molar-refractivity contribution is 0.0696. The van der Waals surface area contributed by atoms with Crippen LogP contribution in [0.3, 0.4) is 0 Å². The SMILES string of the molecule is CN(C)CCOc1ccc(-c2nc(-c3cc(F)cc(C(=O)O)c3)c(-c3ccncc3)[nH]2)cc1. The summed E-state index contributed by atoms with van der Waals surface area (Å²) in [5.41, 5.74) is 2.92. The number of carbonyl (C=O) groups is 1. The standard InChI is InChI=1S/C25H23FN4O3/c1-30(2)11-12-33-21-5-3-17(4-6-21)24-28-22(16-7-9-27-10-8-16)23(29-24)18-13-19(25(31)32)15-20(26)14-18/h3-10,13-15H,11-12H2,1-2H3,(H,28,29)(H,31,32). The van der Waals surface area contributed by atoms with Gasteiger partial charge in [0.05, 0.1) is 17.0 Å². The monoisotopic (exact) mass is 446 g/mol. The number of carboxylic acids is 1. The Morgan fingerprint density at radius 1 is 1.03 bits per heavy atom. The number of benzene rings is 2. The summed E-state index contributed by atoms with van der Waals surface area (Å²) >= 11 is 0. The summed E-state index contributed by atoms with van der Waals surface area (Å²) < 4.78 is 20.0. The highest BCUT2D eigenvalue weighted by molar-refractivity contribution is 5.90. The number of carboxylic acid groups (broad SMARTS) is 1. The number of aromatic carboxylic acids is 1. The molecule has 2 aromatic heterocycles. The van der Waals surface area contributed by atoms with E-state index in [-0.39, 0.29) is 5.56 Å². The van der Waals surface area contributed by atoms with Gasteiger partial charge in [-0.05, 0) is 68.7 Å². The molecule has 0 aliphatic rings. The Morgan fingerprint density at radius 3 is 2.42 bits per heavy atom. The first-order valence-corrected chi connectivity index (χ1v) is 10.3. The molecule has 0 atom stereocenters. The number of imidazole rings is 1. The van der Waals surface area contributed by atoms with Gasteiger partial charge < -0.3 is 19.7 Å². The number of aromatic amines is 1. The van der Waals surface area contributed by atoms with Crippen LogP contribution in [0.5, 0.6) is 5.75 Å². The van der Waals surface area contributed by atoms with E-state index in [1.54, 1.807) is 24.5 Å². The summed E-state index contributed by atoms with van der Waals surface area (Å²) in [5.74, 6) is -0.535. The van der Waals surface area contributed by atoms with E-state index in [4.69, 9.17) is 9.72 Å². The van der Waals surface area contributed by atoms with Crippen LogP contribution in [0.15, 0.2) is 67.0 Å². The molecular formula is C25H23FN4O3. The van der Waals surface area contributed by atoms with Gasteiger partial charge in [-0.1, -0.05) is 0 Å². The number of nitrogens with zero attached hydrogens (tertiary/aromatic N) is 3. The molecule has 2 heterocycles. The summed E-state index contributed by atoms with van der Waals surface area (Å²) in [5, 5.41) is 9.35. The fourth-order valence-electron chi connectivity index (χ4n) is 3.35. The molecule has 0 aliphatic carbocycles. The summed E-state index contributed by atoms with van der Waals surface area (Å²) in [6, 6.07) is 14.8. The largest absolute Gasteiger partial charge is 0.492 e. The smallest absolute Gasteiger partial charge is 0.335 e. The molecule has 0 saturated carbocycles. The minimum absolute atomic E-state index is 0.144. The molecule has 0 bridgehead atoms. The summed E-state index contributed by atoms with van der Waals surface area (Å²) in [6.07, 6.45) is 3.29. The average molecular weight is 446 g/mol. The molecule has 8 heteroatoms. The topological polar surface area (TPSA) is 91.3 Å². The van der Waals surface area contributed by atoms with Crippen molar-refractivity contribution in [2.75, 3.05) is 27.2 Å². The number of ether oxygens (including phenoxy) is 1. The van der Waals surface area contributed by atoms with Gasteiger partial charge in [0.25, 0.3) is 0 Å². The number of nitrogens with one attached hydrogen (secondary N) is 1. The fourth-order valence-corrected chi connectivity index (χ4v) is 3.35. The Labute approximate surface area is 190 Å². The zero-order chi connectivity index (χ0) is 23.4. The molecule has 7 nitrogen and oxygen atoms in total. The quantitative estimate of drug-likeness (QED) is 0.412. The first kappa shape index (κ1) is 22.2. The predicted molar refractivity (Wildman–Crippen MR) is 124 cm³/mol. The van der Waals surface area contributed by atoms with Gasteiger partial charge in [0.15, 0.2) is 0 Å². The van der Waals surface area contributed by atoms with Crippen molar-refractivity contribution in [1.29, 1.82) is 0 Å². The van der Waals surface area contributed by atoms with Gasteiger partial charge in [0.1, 0.15) is 24.0 Å². The summed E-state index contributed by atoms with van der Waals surface area (Å²) in [4.78, 5) is 25.5. The number of halogens is 1. The second kappa shape index (κ2) is 9.62. The fraction of sp³-hybridized carbons (Fsp3) is 0.160. The second-order valence-electron chi connectivity index (χ2n) is 7.75. The normalized spacial score (nSPS) is 11.0. The molecule has 0 fully saturated rings. The van der Waals surface area contributed by atoms with Crippen molar-refractivity contribution in [3.8, 4) is 39.7 Å². The number of rotatable bonds is 8. The lowest BCUT2D eigenvalue weighted by Gasteiger charge is -2.11. The molecule has 0 saturated heterocycles. The molecular weight excluding hydrogens is 423 g/mol. The van der Waals surface area contributed by atoms with E-state index in [2.05, 4.69) is 9.97 Å². The van der Waals surface area contributed by atoms with Gasteiger partial charge in [-0.2, -0.15) is 0 Å². The molecule has 0 aliphatic heterocycles. The van der Waals surface area contributed by atoms with Crippen LogP contribution in [0.1, 0.15) is 10.4 Å². The average Bonchev–Trinajstić information content (AvgIpc) is 3.25. The molecule has 33 heavy (non-hydrogen) atoms. The Kier molecular flexibility index (Phi) is 6.46. The van der Waals surface area contributed by atoms with Gasteiger partial charge in [0, 0.05) is 35.6 Å². The second-order valence-corrected chi connectivity index (χ2v) is 7.75. The Bertz CT molecular complexity index is 1250. The number of hydrogen-bond acceptors (Lipinski definition) is 5. The number of hydrogen-bond donors (Lipinski definition) is 2. The molecule has 2 aromatic carbocycles. The van der Waals surface area contributed by atoms with Crippen LogP contribution in [0, 0.1) is 5.82 Å². The molecule has 4 rings (SSSR count).